The van der Waals surface area contributed by atoms with Gasteiger partial charge in [0.15, 0.2) is 5.82 Å². The molecule has 9 aromatic rings. The zero-order valence-corrected chi connectivity index (χ0v) is 25.5. The van der Waals surface area contributed by atoms with Gasteiger partial charge in [-0.1, -0.05) is 133 Å². The van der Waals surface area contributed by atoms with Crippen LogP contribution in [-0.4, -0.2) is 9.97 Å². The number of hydrogen-bond acceptors (Lipinski definition) is 3. The Morgan fingerprint density at radius 1 is 0.362 bits per heavy atom. The summed E-state index contributed by atoms with van der Waals surface area (Å²) in [4.78, 5) is 10.4. The third-order valence-electron chi connectivity index (χ3n) is 8.88. The summed E-state index contributed by atoms with van der Waals surface area (Å²) in [6.45, 7) is 0. The van der Waals surface area contributed by atoms with E-state index in [4.69, 9.17) is 14.4 Å². The maximum Gasteiger partial charge on any atom is 0.161 e. The lowest BCUT2D eigenvalue weighted by Gasteiger charge is -2.14. The summed E-state index contributed by atoms with van der Waals surface area (Å²) in [7, 11) is 0. The molecule has 220 valence electrons. The molecule has 3 nitrogen and oxygen atoms in total. The SMILES string of the molecule is c1ccc(-c2cc(-c3cc(-c4ccccc4)nc(-c4cccc5ccccc45)n3)cc(-c3cccc4oc5ccccc5c34)c2)cc1. The minimum Gasteiger partial charge on any atom is -0.456 e. The van der Waals surface area contributed by atoms with Crippen LogP contribution in [0.15, 0.2) is 174 Å². The second-order valence-electron chi connectivity index (χ2n) is 11.8. The smallest absolute Gasteiger partial charge is 0.161 e. The van der Waals surface area contributed by atoms with Gasteiger partial charge in [-0.05, 0) is 69.4 Å². The summed E-state index contributed by atoms with van der Waals surface area (Å²) < 4.78 is 6.29. The van der Waals surface area contributed by atoms with Crippen LogP contribution in [0.4, 0.5) is 0 Å². The van der Waals surface area contributed by atoms with Crippen molar-refractivity contribution in [3.63, 3.8) is 0 Å². The number of furan rings is 1. The lowest BCUT2D eigenvalue weighted by Crippen LogP contribution is -1.97. The average molecular weight is 601 g/mol. The van der Waals surface area contributed by atoms with Crippen molar-refractivity contribution in [2.24, 2.45) is 0 Å². The van der Waals surface area contributed by atoms with E-state index < -0.39 is 0 Å². The van der Waals surface area contributed by atoms with E-state index in [1.807, 2.05) is 24.3 Å². The van der Waals surface area contributed by atoms with Crippen LogP contribution in [0.2, 0.25) is 0 Å². The van der Waals surface area contributed by atoms with E-state index in [1.165, 1.54) is 0 Å². The van der Waals surface area contributed by atoms with Crippen LogP contribution in [0.3, 0.4) is 0 Å². The molecule has 0 bridgehead atoms. The van der Waals surface area contributed by atoms with Gasteiger partial charge in [-0.25, -0.2) is 9.97 Å². The number of aromatic nitrogens is 2. The van der Waals surface area contributed by atoms with Gasteiger partial charge in [0.1, 0.15) is 11.2 Å². The maximum atomic E-state index is 6.29. The molecule has 2 aromatic heterocycles. The first-order valence-corrected chi connectivity index (χ1v) is 15.8. The topological polar surface area (TPSA) is 38.9 Å². The molecule has 0 spiro atoms. The normalized spacial score (nSPS) is 11.4. The zero-order chi connectivity index (χ0) is 31.2. The van der Waals surface area contributed by atoms with Gasteiger partial charge in [-0.3, -0.25) is 0 Å². The van der Waals surface area contributed by atoms with Crippen molar-refractivity contribution in [2.45, 2.75) is 0 Å². The molecule has 0 radical (unpaired) electrons. The van der Waals surface area contributed by atoms with Crippen LogP contribution in [0.25, 0.3) is 88.9 Å². The zero-order valence-electron chi connectivity index (χ0n) is 25.5. The first kappa shape index (κ1) is 27.0. The van der Waals surface area contributed by atoms with Crippen molar-refractivity contribution in [3.8, 4) is 56.2 Å². The fourth-order valence-corrected chi connectivity index (χ4v) is 6.64. The Balaban J connectivity index is 1.32. The monoisotopic (exact) mass is 600 g/mol. The van der Waals surface area contributed by atoms with E-state index in [0.29, 0.717) is 5.82 Å². The second kappa shape index (κ2) is 11.2. The highest BCUT2D eigenvalue weighted by atomic mass is 16.3. The molecule has 0 saturated heterocycles. The Bertz CT molecular complexity index is 2560. The Labute approximate surface area is 272 Å². The summed E-state index contributed by atoms with van der Waals surface area (Å²) in [5, 5.41) is 4.51. The maximum absolute atomic E-state index is 6.29. The average Bonchev–Trinajstić information content (AvgIpc) is 3.54. The molecule has 0 fully saturated rings. The van der Waals surface area contributed by atoms with Gasteiger partial charge < -0.3 is 4.42 Å². The predicted molar refractivity (Wildman–Crippen MR) is 194 cm³/mol. The summed E-state index contributed by atoms with van der Waals surface area (Å²) in [6.07, 6.45) is 0. The minimum absolute atomic E-state index is 0.702. The first-order valence-electron chi connectivity index (χ1n) is 15.8. The van der Waals surface area contributed by atoms with Gasteiger partial charge in [0, 0.05) is 27.5 Å². The highest BCUT2D eigenvalue weighted by Crippen LogP contribution is 2.40. The van der Waals surface area contributed by atoms with Gasteiger partial charge >= 0.3 is 0 Å². The molecule has 0 saturated carbocycles. The van der Waals surface area contributed by atoms with Crippen molar-refractivity contribution in [3.05, 3.63) is 170 Å². The highest BCUT2D eigenvalue weighted by molar-refractivity contribution is 6.12. The van der Waals surface area contributed by atoms with Crippen LogP contribution in [-0.2, 0) is 0 Å². The quantitative estimate of drug-likeness (QED) is 0.197. The van der Waals surface area contributed by atoms with Gasteiger partial charge in [-0.15, -0.1) is 0 Å². The molecule has 0 aliphatic heterocycles. The van der Waals surface area contributed by atoms with Crippen molar-refractivity contribution < 1.29 is 4.42 Å². The summed E-state index contributed by atoms with van der Waals surface area (Å²) in [6, 6.07) is 59.1. The standard InChI is InChI=1S/C44H28N2O/c1-3-13-29(14-4-1)32-25-33(36-21-12-24-42-43(36)38-20-9-10-23-41(38)47-42)27-34(26-32)40-28-39(31-16-5-2-6-17-31)45-44(46-40)37-22-11-18-30-15-7-8-19-35(30)37/h1-28H. The van der Waals surface area contributed by atoms with Crippen LogP contribution in [0, 0.1) is 0 Å². The highest BCUT2D eigenvalue weighted by Gasteiger charge is 2.17. The lowest BCUT2D eigenvalue weighted by molar-refractivity contribution is 0.669. The predicted octanol–water partition coefficient (Wildman–Crippen LogP) is 11.9. The number of benzene rings is 7. The molecule has 0 aliphatic carbocycles. The summed E-state index contributed by atoms with van der Waals surface area (Å²) >= 11 is 0. The largest absolute Gasteiger partial charge is 0.456 e. The van der Waals surface area contributed by atoms with Crippen LogP contribution in [0.5, 0.6) is 0 Å². The van der Waals surface area contributed by atoms with Crippen LogP contribution >= 0.6 is 0 Å². The molecule has 0 N–H and O–H groups in total. The molecular weight excluding hydrogens is 572 g/mol. The molecule has 7 aromatic carbocycles. The van der Waals surface area contributed by atoms with E-state index in [2.05, 4.69) is 146 Å². The van der Waals surface area contributed by atoms with E-state index >= 15 is 0 Å². The second-order valence-corrected chi connectivity index (χ2v) is 11.8. The lowest BCUT2D eigenvalue weighted by atomic mass is 9.92. The number of hydrogen-bond donors (Lipinski definition) is 0. The fraction of sp³-hybridized carbons (Fsp3) is 0. The number of fused-ring (bicyclic) bond motifs is 4. The molecule has 9 rings (SSSR count). The Morgan fingerprint density at radius 3 is 1.77 bits per heavy atom. The number of para-hydroxylation sites is 1. The van der Waals surface area contributed by atoms with Crippen LogP contribution in [0.1, 0.15) is 0 Å². The van der Waals surface area contributed by atoms with Gasteiger partial charge in [-0.2, -0.15) is 0 Å². The van der Waals surface area contributed by atoms with Gasteiger partial charge in [0.25, 0.3) is 0 Å². The Hall–Kier alpha value is -6.32. The molecule has 0 amide bonds. The summed E-state index contributed by atoms with van der Waals surface area (Å²) in [5.41, 5.74) is 11.1. The Morgan fingerprint density at radius 2 is 0.936 bits per heavy atom. The summed E-state index contributed by atoms with van der Waals surface area (Å²) in [5.74, 6) is 0.702. The van der Waals surface area contributed by atoms with Crippen molar-refractivity contribution >= 4 is 32.7 Å². The van der Waals surface area contributed by atoms with Gasteiger partial charge in [0.05, 0.1) is 11.4 Å². The van der Waals surface area contributed by atoms with E-state index in [-0.39, 0.29) is 0 Å². The third kappa shape index (κ3) is 4.86. The Kier molecular flexibility index (Phi) is 6.46. The first-order chi connectivity index (χ1) is 23.3. The van der Waals surface area contributed by atoms with E-state index in [1.54, 1.807) is 0 Å². The molecule has 0 atom stereocenters. The van der Waals surface area contributed by atoms with Crippen molar-refractivity contribution in [2.75, 3.05) is 0 Å². The number of nitrogens with zero attached hydrogens (tertiary/aromatic N) is 2. The minimum atomic E-state index is 0.702. The molecular formula is C44H28N2O. The van der Waals surface area contributed by atoms with E-state index in [0.717, 1.165) is 83.0 Å². The molecule has 0 unspecified atom stereocenters. The van der Waals surface area contributed by atoms with Crippen molar-refractivity contribution in [1.82, 2.24) is 9.97 Å². The van der Waals surface area contributed by atoms with Crippen LogP contribution < -0.4 is 0 Å². The number of rotatable bonds is 5. The molecule has 3 heteroatoms. The fourth-order valence-electron chi connectivity index (χ4n) is 6.64. The van der Waals surface area contributed by atoms with E-state index in [9.17, 15) is 0 Å². The molecule has 47 heavy (non-hydrogen) atoms. The molecule has 0 aliphatic rings. The molecule has 2 heterocycles. The van der Waals surface area contributed by atoms with Gasteiger partial charge in [0.2, 0.25) is 0 Å². The third-order valence-corrected chi connectivity index (χ3v) is 8.88. The van der Waals surface area contributed by atoms with Crippen molar-refractivity contribution in [1.29, 1.82) is 0 Å².